The van der Waals surface area contributed by atoms with E-state index < -0.39 is 0 Å². The molecule has 38 heavy (non-hydrogen) atoms. The van der Waals surface area contributed by atoms with Gasteiger partial charge < -0.3 is 10.6 Å². The molecule has 2 N–H and O–H groups in total. The summed E-state index contributed by atoms with van der Waals surface area (Å²) in [6.45, 7) is 2.38. The van der Waals surface area contributed by atoms with Crippen molar-refractivity contribution < 1.29 is 9.59 Å². The van der Waals surface area contributed by atoms with Crippen LogP contribution < -0.4 is 10.6 Å². The minimum absolute atomic E-state index is 0.164. The smallest absolute Gasteiger partial charge is 0.255 e. The molecule has 0 atom stereocenters. The van der Waals surface area contributed by atoms with Crippen molar-refractivity contribution in [2.45, 2.75) is 13.5 Å². The van der Waals surface area contributed by atoms with E-state index >= 15 is 0 Å². The number of nitrogens with one attached hydrogen (secondary N) is 2. The normalized spacial score (nSPS) is 10.5. The van der Waals surface area contributed by atoms with Crippen LogP contribution in [0.1, 0.15) is 37.4 Å². The van der Waals surface area contributed by atoms with Gasteiger partial charge in [-0.2, -0.15) is 5.26 Å². The van der Waals surface area contributed by atoms with Crippen molar-refractivity contribution in [3.8, 4) is 17.2 Å². The predicted octanol–water partition coefficient (Wildman–Crippen LogP) is 6.26. The van der Waals surface area contributed by atoms with Crippen molar-refractivity contribution in [1.29, 1.82) is 5.26 Å². The average Bonchev–Trinajstić information content (AvgIpc) is 2.96. The highest BCUT2D eigenvalue weighted by atomic mass is 16.2. The second kappa shape index (κ2) is 10.8. The van der Waals surface area contributed by atoms with Crippen molar-refractivity contribution in [1.82, 2.24) is 10.3 Å². The van der Waals surface area contributed by atoms with Crippen LogP contribution in [-0.2, 0) is 6.54 Å². The summed E-state index contributed by atoms with van der Waals surface area (Å²) in [6.07, 6.45) is 1.76. The van der Waals surface area contributed by atoms with Crippen LogP contribution in [0.25, 0.3) is 22.0 Å². The number of nitrogens with zero attached hydrogens (tertiary/aromatic N) is 2. The number of fused-ring (bicyclic) bond motifs is 1. The molecular formula is C32H24N4O2. The Kier molecular flexibility index (Phi) is 6.92. The molecule has 1 aromatic heterocycles. The lowest BCUT2D eigenvalue weighted by molar-refractivity contribution is 0.0950. The van der Waals surface area contributed by atoms with Crippen molar-refractivity contribution in [2.24, 2.45) is 0 Å². The molecule has 0 unspecified atom stereocenters. The van der Waals surface area contributed by atoms with Crippen molar-refractivity contribution in [3.05, 3.63) is 131 Å². The Hall–Kier alpha value is -5.28. The highest BCUT2D eigenvalue weighted by Crippen LogP contribution is 2.26. The number of amides is 2. The van der Waals surface area contributed by atoms with Crippen molar-refractivity contribution in [3.63, 3.8) is 0 Å². The number of carbonyl (C=O) groups excluding carboxylic acids is 2. The molecule has 6 nitrogen and oxygen atoms in total. The molecule has 0 fully saturated rings. The maximum Gasteiger partial charge on any atom is 0.255 e. The maximum absolute atomic E-state index is 13.0. The topological polar surface area (TPSA) is 94.9 Å². The summed E-state index contributed by atoms with van der Waals surface area (Å²) in [5.41, 5.74) is 6.83. The largest absolute Gasteiger partial charge is 0.348 e. The van der Waals surface area contributed by atoms with Crippen LogP contribution in [0, 0.1) is 18.3 Å². The molecule has 0 spiro atoms. The SMILES string of the molecule is Cc1ccc(C(=O)NCc2cccc3ncccc23)cc1-c1ccc(C(=O)Nc2cccc(C#N)c2)cc1. The van der Waals surface area contributed by atoms with Crippen molar-refractivity contribution >= 4 is 28.4 Å². The standard InChI is InChI=1S/C32H24N4O2/c1-21-10-11-25(31(37)35-20-26-6-3-9-30-28(26)8-4-16-34-30)18-29(21)23-12-14-24(15-13-23)32(38)36-27-7-2-5-22(17-27)19-33/h2-18H,20H2,1H3,(H,35,37)(H,36,38). The number of hydrogen-bond acceptors (Lipinski definition) is 4. The van der Waals surface area contributed by atoms with Gasteiger partial charge in [0, 0.05) is 34.9 Å². The predicted molar refractivity (Wildman–Crippen MR) is 149 cm³/mol. The van der Waals surface area contributed by atoms with E-state index in [1.165, 1.54) is 0 Å². The van der Waals surface area contributed by atoms with Crippen LogP contribution in [-0.4, -0.2) is 16.8 Å². The number of rotatable bonds is 6. The molecule has 5 rings (SSSR count). The zero-order chi connectivity index (χ0) is 26.5. The molecule has 4 aromatic carbocycles. The number of carbonyl (C=O) groups is 2. The third-order valence-corrected chi connectivity index (χ3v) is 6.38. The van der Waals surface area contributed by atoms with E-state index in [0.717, 1.165) is 33.2 Å². The lowest BCUT2D eigenvalue weighted by Crippen LogP contribution is -2.23. The molecule has 0 bridgehead atoms. The highest BCUT2D eigenvalue weighted by molar-refractivity contribution is 6.04. The quantitative estimate of drug-likeness (QED) is 0.290. The number of anilines is 1. The molecule has 0 saturated heterocycles. The van der Waals surface area contributed by atoms with E-state index in [1.54, 1.807) is 42.6 Å². The number of aromatic nitrogens is 1. The van der Waals surface area contributed by atoms with Gasteiger partial charge in [-0.25, -0.2) is 0 Å². The third kappa shape index (κ3) is 5.28. The Labute approximate surface area is 220 Å². The maximum atomic E-state index is 13.0. The third-order valence-electron chi connectivity index (χ3n) is 6.38. The fraction of sp³-hybridized carbons (Fsp3) is 0.0625. The van der Waals surface area contributed by atoms with Crippen LogP contribution in [0.15, 0.2) is 103 Å². The van der Waals surface area contributed by atoms with Crippen LogP contribution in [0.5, 0.6) is 0 Å². The first kappa shape index (κ1) is 24.4. The number of hydrogen-bond donors (Lipinski definition) is 2. The van der Waals surface area contributed by atoms with E-state index in [4.69, 9.17) is 5.26 Å². The minimum Gasteiger partial charge on any atom is -0.348 e. The summed E-state index contributed by atoms with van der Waals surface area (Å²) in [4.78, 5) is 30.1. The van der Waals surface area contributed by atoms with Gasteiger partial charge in [0.15, 0.2) is 0 Å². The lowest BCUT2D eigenvalue weighted by Gasteiger charge is -2.12. The fourth-order valence-corrected chi connectivity index (χ4v) is 4.34. The summed E-state index contributed by atoms with van der Waals surface area (Å²) in [5.74, 6) is -0.428. The minimum atomic E-state index is -0.264. The molecule has 5 aromatic rings. The first-order valence-corrected chi connectivity index (χ1v) is 12.2. The van der Waals surface area contributed by atoms with Gasteiger partial charge in [-0.15, -0.1) is 0 Å². The van der Waals surface area contributed by atoms with Crippen LogP contribution in [0.2, 0.25) is 0 Å². The Morgan fingerprint density at radius 2 is 1.63 bits per heavy atom. The molecule has 0 saturated carbocycles. The summed E-state index contributed by atoms with van der Waals surface area (Å²) < 4.78 is 0. The van der Waals surface area contributed by atoms with Gasteiger partial charge in [0.1, 0.15) is 0 Å². The van der Waals surface area contributed by atoms with E-state index in [9.17, 15) is 9.59 Å². The molecule has 0 radical (unpaired) electrons. The van der Waals surface area contributed by atoms with Gasteiger partial charge in [-0.1, -0.05) is 42.5 Å². The van der Waals surface area contributed by atoms with E-state index in [2.05, 4.69) is 21.7 Å². The number of benzene rings is 4. The summed E-state index contributed by atoms with van der Waals surface area (Å²) in [7, 11) is 0. The van der Waals surface area contributed by atoms with E-state index in [-0.39, 0.29) is 11.8 Å². The number of pyridine rings is 1. The van der Waals surface area contributed by atoms with Gasteiger partial charge >= 0.3 is 0 Å². The second-order valence-electron chi connectivity index (χ2n) is 8.92. The fourth-order valence-electron chi connectivity index (χ4n) is 4.34. The summed E-state index contributed by atoms with van der Waals surface area (Å²) >= 11 is 0. The van der Waals surface area contributed by atoms with Crippen LogP contribution in [0.3, 0.4) is 0 Å². The zero-order valence-corrected chi connectivity index (χ0v) is 20.7. The Morgan fingerprint density at radius 3 is 2.45 bits per heavy atom. The van der Waals surface area contributed by atoms with E-state index in [0.29, 0.717) is 28.9 Å². The van der Waals surface area contributed by atoms with Crippen LogP contribution >= 0.6 is 0 Å². The summed E-state index contributed by atoms with van der Waals surface area (Å²) in [5, 5.41) is 15.9. The molecule has 0 aliphatic rings. The molecule has 1 heterocycles. The molecule has 184 valence electrons. The first-order chi connectivity index (χ1) is 18.5. The monoisotopic (exact) mass is 496 g/mol. The Bertz CT molecular complexity index is 1700. The number of nitriles is 1. The second-order valence-corrected chi connectivity index (χ2v) is 8.92. The van der Waals surface area contributed by atoms with Crippen LogP contribution in [0.4, 0.5) is 5.69 Å². The highest BCUT2D eigenvalue weighted by Gasteiger charge is 2.12. The first-order valence-electron chi connectivity index (χ1n) is 12.2. The molecule has 0 aliphatic heterocycles. The van der Waals surface area contributed by atoms with Crippen molar-refractivity contribution in [2.75, 3.05) is 5.32 Å². The lowest BCUT2D eigenvalue weighted by atomic mass is 9.97. The van der Waals surface area contributed by atoms with Gasteiger partial charge in [0.25, 0.3) is 11.8 Å². The Morgan fingerprint density at radius 1 is 0.842 bits per heavy atom. The van der Waals surface area contributed by atoms with E-state index in [1.807, 2.05) is 67.6 Å². The number of aryl methyl sites for hydroxylation is 1. The van der Waals surface area contributed by atoms with Gasteiger partial charge in [0.2, 0.25) is 0 Å². The Balaban J connectivity index is 1.30. The molecule has 6 heteroatoms. The van der Waals surface area contributed by atoms with Gasteiger partial charge in [-0.05, 0) is 83.8 Å². The molecule has 2 amide bonds. The average molecular weight is 497 g/mol. The zero-order valence-electron chi connectivity index (χ0n) is 20.7. The summed E-state index contributed by atoms with van der Waals surface area (Å²) in [6, 6.07) is 31.5. The van der Waals surface area contributed by atoms with Gasteiger partial charge in [0.05, 0.1) is 17.1 Å². The molecule has 0 aliphatic carbocycles. The van der Waals surface area contributed by atoms with Gasteiger partial charge in [-0.3, -0.25) is 14.6 Å². The molecular weight excluding hydrogens is 472 g/mol.